The van der Waals surface area contributed by atoms with Gasteiger partial charge in [0.05, 0.1) is 5.69 Å². The van der Waals surface area contributed by atoms with Gasteiger partial charge in [0, 0.05) is 24.7 Å². The van der Waals surface area contributed by atoms with Gasteiger partial charge in [-0.05, 0) is 13.8 Å². The number of nitrogens with one attached hydrogen (secondary N) is 1. The molecule has 0 aromatic carbocycles. The Labute approximate surface area is 85.5 Å². The van der Waals surface area contributed by atoms with Crippen molar-refractivity contribution in [3.8, 4) is 0 Å². The van der Waals surface area contributed by atoms with Crippen molar-refractivity contribution in [3.63, 3.8) is 0 Å². The van der Waals surface area contributed by atoms with E-state index < -0.39 is 0 Å². The van der Waals surface area contributed by atoms with Gasteiger partial charge in [0.2, 0.25) is 0 Å². The summed E-state index contributed by atoms with van der Waals surface area (Å²) in [4.78, 5) is 0. The van der Waals surface area contributed by atoms with E-state index in [1.165, 1.54) is 0 Å². The summed E-state index contributed by atoms with van der Waals surface area (Å²) in [5.41, 5.74) is 6.81. The van der Waals surface area contributed by atoms with Crippen LogP contribution >= 0.6 is 0 Å². The molecular weight excluding hydrogens is 176 g/mol. The van der Waals surface area contributed by atoms with Gasteiger partial charge in [0.25, 0.3) is 0 Å². The van der Waals surface area contributed by atoms with Gasteiger partial charge in [-0.15, -0.1) is 0 Å². The lowest BCUT2D eigenvalue weighted by Crippen LogP contribution is -2.24. The smallest absolute Gasteiger partial charge is 0.145 e. The molecule has 0 aliphatic heterocycles. The summed E-state index contributed by atoms with van der Waals surface area (Å²) in [6, 6.07) is 2.76. The van der Waals surface area contributed by atoms with Crippen LogP contribution < -0.4 is 11.1 Å². The van der Waals surface area contributed by atoms with E-state index in [2.05, 4.69) is 38.1 Å². The van der Waals surface area contributed by atoms with Crippen molar-refractivity contribution in [2.45, 2.75) is 46.3 Å². The Morgan fingerprint density at radius 3 is 2.57 bits per heavy atom. The molecule has 80 valence electrons. The molecule has 0 spiro atoms. The predicted octanol–water partition coefficient (Wildman–Crippen LogP) is 1.54. The molecule has 0 amide bonds. The fourth-order valence-electron chi connectivity index (χ4n) is 1.34. The van der Waals surface area contributed by atoms with E-state index in [0.29, 0.717) is 17.9 Å². The number of aromatic nitrogens is 2. The first kappa shape index (κ1) is 11.0. The lowest BCUT2D eigenvalue weighted by Gasteiger charge is -2.12. The van der Waals surface area contributed by atoms with E-state index in [4.69, 9.17) is 5.73 Å². The summed E-state index contributed by atoms with van der Waals surface area (Å²) < 4.78 is 1.96. The highest BCUT2D eigenvalue weighted by molar-refractivity contribution is 5.29. The first-order chi connectivity index (χ1) is 6.50. The van der Waals surface area contributed by atoms with E-state index in [9.17, 15) is 0 Å². The summed E-state index contributed by atoms with van der Waals surface area (Å²) in [6.07, 6.45) is 0. The molecule has 0 aliphatic carbocycles. The van der Waals surface area contributed by atoms with Gasteiger partial charge >= 0.3 is 0 Å². The number of anilines is 1. The van der Waals surface area contributed by atoms with Gasteiger partial charge in [0.1, 0.15) is 5.82 Å². The molecule has 4 heteroatoms. The molecule has 14 heavy (non-hydrogen) atoms. The van der Waals surface area contributed by atoms with Crippen LogP contribution in [0.15, 0.2) is 6.07 Å². The third-order valence-electron chi connectivity index (χ3n) is 2.01. The van der Waals surface area contributed by atoms with Crippen LogP contribution in [-0.2, 0) is 6.54 Å². The average Bonchev–Trinajstić information content (AvgIpc) is 2.43. The Balaban J connectivity index is 2.74. The molecule has 0 aliphatic rings. The minimum Gasteiger partial charge on any atom is -0.382 e. The number of rotatable bonds is 4. The highest BCUT2D eigenvalue weighted by Gasteiger charge is 2.08. The zero-order chi connectivity index (χ0) is 10.7. The molecule has 0 atom stereocenters. The molecule has 1 rings (SSSR count). The number of nitrogens with two attached hydrogens (primary N) is 1. The van der Waals surface area contributed by atoms with Crippen LogP contribution in [0.4, 0.5) is 5.82 Å². The lowest BCUT2D eigenvalue weighted by molar-refractivity contribution is 0.484. The summed E-state index contributed by atoms with van der Waals surface area (Å²) >= 11 is 0. The fraction of sp³-hybridized carbons (Fsp3) is 0.700. The maximum atomic E-state index is 5.66. The first-order valence-electron chi connectivity index (χ1n) is 5.08. The van der Waals surface area contributed by atoms with Gasteiger partial charge in [-0.25, -0.2) is 0 Å². The normalized spacial score (nSPS) is 11.6. The molecular formula is C10H20N4. The maximum absolute atomic E-state index is 5.66. The van der Waals surface area contributed by atoms with Crippen molar-refractivity contribution >= 4 is 5.82 Å². The zero-order valence-corrected chi connectivity index (χ0v) is 9.41. The maximum Gasteiger partial charge on any atom is 0.145 e. The fourth-order valence-corrected chi connectivity index (χ4v) is 1.34. The lowest BCUT2D eigenvalue weighted by atomic mass is 10.3. The van der Waals surface area contributed by atoms with Gasteiger partial charge in [-0.2, -0.15) is 5.10 Å². The minimum absolute atomic E-state index is 0.358. The van der Waals surface area contributed by atoms with E-state index in [-0.39, 0.29) is 0 Å². The van der Waals surface area contributed by atoms with Gasteiger partial charge in [-0.3, -0.25) is 4.68 Å². The van der Waals surface area contributed by atoms with Crippen molar-refractivity contribution in [2.24, 2.45) is 0 Å². The van der Waals surface area contributed by atoms with Crippen LogP contribution in [-0.4, -0.2) is 15.8 Å². The van der Waals surface area contributed by atoms with Crippen molar-refractivity contribution in [2.75, 3.05) is 5.73 Å². The number of nitrogens with zero attached hydrogens (tertiary/aromatic N) is 2. The van der Waals surface area contributed by atoms with Crippen molar-refractivity contribution < 1.29 is 0 Å². The second kappa shape index (κ2) is 4.46. The summed E-state index contributed by atoms with van der Waals surface area (Å²) in [6.45, 7) is 9.27. The Kier molecular flexibility index (Phi) is 3.52. The third kappa shape index (κ3) is 2.73. The van der Waals surface area contributed by atoms with Crippen LogP contribution in [0, 0.1) is 0 Å². The summed E-state index contributed by atoms with van der Waals surface area (Å²) in [5.74, 6) is 0.597. The molecule has 1 aromatic heterocycles. The number of hydrogen-bond donors (Lipinski definition) is 2. The van der Waals surface area contributed by atoms with Gasteiger partial charge in [-0.1, -0.05) is 13.8 Å². The number of nitrogen functional groups attached to an aromatic ring is 1. The Morgan fingerprint density at radius 1 is 1.43 bits per heavy atom. The zero-order valence-electron chi connectivity index (χ0n) is 9.41. The van der Waals surface area contributed by atoms with E-state index in [1.54, 1.807) is 0 Å². The molecule has 0 radical (unpaired) electrons. The molecule has 0 unspecified atom stereocenters. The first-order valence-corrected chi connectivity index (χ1v) is 5.08. The van der Waals surface area contributed by atoms with Crippen LogP contribution in [0.2, 0.25) is 0 Å². The predicted molar refractivity (Wildman–Crippen MR) is 59.0 cm³/mol. The largest absolute Gasteiger partial charge is 0.382 e. The molecule has 0 saturated heterocycles. The second-order valence-electron chi connectivity index (χ2n) is 4.13. The van der Waals surface area contributed by atoms with E-state index in [1.807, 2.05) is 10.7 Å². The summed E-state index contributed by atoms with van der Waals surface area (Å²) in [7, 11) is 0. The van der Waals surface area contributed by atoms with Gasteiger partial charge < -0.3 is 11.1 Å². The monoisotopic (exact) mass is 196 g/mol. The van der Waals surface area contributed by atoms with Crippen LogP contribution in [0.3, 0.4) is 0 Å². The molecule has 0 bridgehead atoms. The third-order valence-corrected chi connectivity index (χ3v) is 2.01. The van der Waals surface area contributed by atoms with E-state index >= 15 is 0 Å². The molecule has 1 heterocycles. The average molecular weight is 196 g/mol. The Bertz CT molecular complexity index is 288. The van der Waals surface area contributed by atoms with Gasteiger partial charge in [0.15, 0.2) is 0 Å². The quantitative estimate of drug-likeness (QED) is 0.768. The second-order valence-corrected chi connectivity index (χ2v) is 4.13. The molecule has 0 saturated carbocycles. The van der Waals surface area contributed by atoms with Crippen molar-refractivity contribution in [3.05, 3.63) is 11.8 Å². The van der Waals surface area contributed by atoms with Crippen LogP contribution in [0.25, 0.3) is 0 Å². The molecule has 4 nitrogen and oxygen atoms in total. The highest BCUT2D eigenvalue weighted by Crippen LogP contribution is 2.12. The van der Waals surface area contributed by atoms with Crippen molar-refractivity contribution in [1.82, 2.24) is 15.1 Å². The Morgan fingerprint density at radius 2 is 2.07 bits per heavy atom. The summed E-state index contributed by atoms with van der Waals surface area (Å²) in [5, 5.41) is 7.60. The number of hydrogen-bond acceptors (Lipinski definition) is 3. The SMILES string of the molecule is CC(C)NCc1cc(N)nn1C(C)C. The molecule has 0 fully saturated rings. The molecule has 3 N–H and O–H groups in total. The van der Waals surface area contributed by atoms with Crippen LogP contribution in [0.1, 0.15) is 39.4 Å². The highest BCUT2D eigenvalue weighted by atomic mass is 15.3. The molecule has 1 aromatic rings. The minimum atomic E-state index is 0.358. The topological polar surface area (TPSA) is 55.9 Å². The van der Waals surface area contributed by atoms with Crippen molar-refractivity contribution in [1.29, 1.82) is 0 Å². The standard InChI is InChI=1S/C10H20N4/c1-7(2)12-6-9-5-10(11)13-14(9)8(3)4/h5,7-8,12H,6H2,1-4H3,(H2,11,13). The van der Waals surface area contributed by atoms with Crippen LogP contribution in [0.5, 0.6) is 0 Å². The van der Waals surface area contributed by atoms with E-state index in [0.717, 1.165) is 12.2 Å². The Hall–Kier alpha value is -1.03.